The topological polar surface area (TPSA) is 78.9 Å². The van der Waals surface area contributed by atoms with Crippen LogP contribution in [0.2, 0.25) is 5.02 Å². The first kappa shape index (κ1) is 22.4. The van der Waals surface area contributed by atoms with Gasteiger partial charge in [0.1, 0.15) is 5.75 Å². The molecular weight excluding hydrogens is 428 g/mol. The van der Waals surface area contributed by atoms with E-state index in [9.17, 15) is 14.7 Å². The number of hydrogen-bond donors (Lipinski definition) is 2. The van der Waals surface area contributed by atoms with Crippen molar-refractivity contribution in [2.45, 2.75) is 38.3 Å². The van der Waals surface area contributed by atoms with Crippen molar-refractivity contribution in [1.29, 1.82) is 0 Å². The van der Waals surface area contributed by atoms with Gasteiger partial charge in [-0.25, -0.2) is 4.79 Å². The van der Waals surface area contributed by atoms with E-state index in [1.54, 1.807) is 4.90 Å². The van der Waals surface area contributed by atoms with E-state index in [0.717, 1.165) is 24.0 Å². The number of nitrogens with one attached hydrogen (secondary N) is 1. The van der Waals surface area contributed by atoms with Gasteiger partial charge in [-0.1, -0.05) is 48.0 Å². The fourth-order valence-electron chi connectivity index (χ4n) is 4.52. The number of ether oxygens (including phenoxy) is 1. The molecule has 2 atom stereocenters. The highest BCUT2D eigenvalue weighted by Gasteiger charge is 2.38. The second kappa shape index (κ2) is 9.76. The smallest absolute Gasteiger partial charge is 0.333 e. The van der Waals surface area contributed by atoms with E-state index < -0.39 is 5.97 Å². The third-order valence-corrected chi connectivity index (χ3v) is 6.40. The van der Waals surface area contributed by atoms with Crippen molar-refractivity contribution in [3.8, 4) is 5.75 Å². The zero-order valence-electron chi connectivity index (χ0n) is 18.0. The van der Waals surface area contributed by atoms with Crippen LogP contribution in [0.5, 0.6) is 5.75 Å². The standard InChI is InChI=1S/C25H27ClN2O4/c1-16(29)28-14-19-13-20(24(25(30)31)22(15-28)27-19)18-10-8-17(9-11-18)5-4-12-32-23-7-3-2-6-21(23)26/h2-3,6-11,19,22,27H,4-5,12-15H2,1H3,(H,30,31). The summed E-state index contributed by atoms with van der Waals surface area (Å²) in [7, 11) is 0. The number of aliphatic carboxylic acids is 1. The second-order valence-electron chi connectivity index (χ2n) is 8.32. The number of halogens is 1. The predicted octanol–water partition coefficient (Wildman–Crippen LogP) is 3.78. The first-order valence-corrected chi connectivity index (χ1v) is 11.2. The number of aryl methyl sites for hydroxylation is 1. The third-order valence-electron chi connectivity index (χ3n) is 6.09. The molecule has 2 N–H and O–H groups in total. The van der Waals surface area contributed by atoms with Crippen molar-refractivity contribution < 1.29 is 19.4 Å². The van der Waals surface area contributed by atoms with Crippen molar-refractivity contribution >= 4 is 29.1 Å². The number of para-hydroxylation sites is 1. The van der Waals surface area contributed by atoms with Gasteiger partial charge in [0.25, 0.3) is 0 Å². The summed E-state index contributed by atoms with van der Waals surface area (Å²) in [6, 6.07) is 15.3. The molecule has 2 aliphatic heterocycles. The average molecular weight is 455 g/mol. The lowest BCUT2D eigenvalue weighted by molar-refractivity contribution is -0.135. The highest BCUT2D eigenvalue weighted by molar-refractivity contribution is 6.32. The number of carbonyl (C=O) groups is 2. The molecule has 2 unspecified atom stereocenters. The van der Waals surface area contributed by atoms with E-state index >= 15 is 0 Å². The van der Waals surface area contributed by atoms with E-state index in [1.807, 2.05) is 36.4 Å². The molecule has 0 spiro atoms. The van der Waals surface area contributed by atoms with E-state index in [4.69, 9.17) is 16.3 Å². The molecular formula is C25H27ClN2O4. The van der Waals surface area contributed by atoms with Crippen LogP contribution < -0.4 is 10.1 Å². The monoisotopic (exact) mass is 454 g/mol. The lowest BCUT2D eigenvalue weighted by atomic mass is 9.83. The summed E-state index contributed by atoms with van der Waals surface area (Å²) in [4.78, 5) is 25.6. The zero-order valence-corrected chi connectivity index (χ0v) is 18.8. The van der Waals surface area contributed by atoms with Gasteiger partial charge >= 0.3 is 5.97 Å². The Morgan fingerprint density at radius 2 is 1.91 bits per heavy atom. The largest absolute Gasteiger partial charge is 0.492 e. The predicted molar refractivity (Wildman–Crippen MR) is 124 cm³/mol. The van der Waals surface area contributed by atoms with Gasteiger partial charge in [-0.3, -0.25) is 4.79 Å². The van der Waals surface area contributed by atoms with Crippen molar-refractivity contribution in [1.82, 2.24) is 10.2 Å². The highest BCUT2D eigenvalue weighted by Crippen LogP contribution is 2.33. The Bertz CT molecular complexity index is 1030. The molecule has 32 heavy (non-hydrogen) atoms. The Kier molecular flexibility index (Phi) is 6.82. The minimum Gasteiger partial charge on any atom is -0.492 e. The number of fused-ring (bicyclic) bond motifs is 2. The summed E-state index contributed by atoms with van der Waals surface area (Å²) in [5, 5.41) is 13.9. The summed E-state index contributed by atoms with van der Waals surface area (Å²) in [6.07, 6.45) is 2.30. The Morgan fingerprint density at radius 3 is 2.59 bits per heavy atom. The van der Waals surface area contributed by atoms with Crippen LogP contribution in [-0.4, -0.2) is 53.7 Å². The second-order valence-corrected chi connectivity index (χ2v) is 8.73. The van der Waals surface area contributed by atoms with Crippen LogP contribution in [0.15, 0.2) is 54.1 Å². The summed E-state index contributed by atoms with van der Waals surface area (Å²) in [5.74, 6) is -0.253. The van der Waals surface area contributed by atoms with Gasteiger partial charge in [-0.15, -0.1) is 0 Å². The molecule has 2 aliphatic rings. The van der Waals surface area contributed by atoms with E-state index in [0.29, 0.717) is 42.5 Å². The molecule has 0 saturated carbocycles. The van der Waals surface area contributed by atoms with E-state index in [-0.39, 0.29) is 18.0 Å². The van der Waals surface area contributed by atoms with Crippen LogP contribution in [0.4, 0.5) is 0 Å². The number of carbonyl (C=O) groups excluding carboxylic acids is 1. The minimum absolute atomic E-state index is 0.0162. The zero-order chi connectivity index (χ0) is 22.7. The van der Waals surface area contributed by atoms with Crippen molar-refractivity contribution in [3.63, 3.8) is 0 Å². The van der Waals surface area contributed by atoms with Gasteiger partial charge in [0, 0.05) is 26.1 Å². The molecule has 2 bridgehead atoms. The Hall–Kier alpha value is -2.83. The molecule has 1 fully saturated rings. The van der Waals surface area contributed by atoms with Gasteiger partial charge in [0.05, 0.1) is 23.2 Å². The van der Waals surface area contributed by atoms with Crippen LogP contribution in [0.3, 0.4) is 0 Å². The molecule has 0 aromatic heterocycles. The molecule has 6 nitrogen and oxygen atoms in total. The SMILES string of the molecule is CC(=O)N1CC2CC(c3ccc(CCCOc4ccccc4Cl)cc3)=C(C(=O)O)C(C1)N2. The number of amides is 1. The molecule has 1 saturated heterocycles. The third kappa shape index (κ3) is 4.97. The Labute approximate surface area is 192 Å². The molecule has 0 radical (unpaired) electrons. The Morgan fingerprint density at radius 1 is 1.16 bits per heavy atom. The molecule has 4 rings (SSSR count). The first-order chi connectivity index (χ1) is 15.4. The maximum atomic E-state index is 12.1. The number of hydrogen-bond acceptors (Lipinski definition) is 4. The van der Waals surface area contributed by atoms with Crippen LogP contribution in [-0.2, 0) is 16.0 Å². The molecule has 168 valence electrons. The average Bonchev–Trinajstić information content (AvgIpc) is 2.77. The molecule has 2 aromatic rings. The maximum absolute atomic E-state index is 12.1. The Balaban J connectivity index is 1.42. The maximum Gasteiger partial charge on any atom is 0.333 e. The van der Waals surface area contributed by atoms with Gasteiger partial charge in [0.15, 0.2) is 0 Å². The number of piperazine rings is 1. The van der Waals surface area contributed by atoms with Crippen LogP contribution in [0, 0.1) is 0 Å². The van der Waals surface area contributed by atoms with Gasteiger partial charge in [-0.05, 0) is 48.1 Å². The summed E-state index contributed by atoms with van der Waals surface area (Å²) in [6.45, 7) is 3.10. The highest BCUT2D eigenvalue weighted by atomic mass is 35.5. The number of nitrogens with zero attached hydrogens (tertiary/aromatic N) is 1. The quantitative estimate of drug-likeness (QED) is 0.622. The number of rotatable bonds is 7. The molecule has 2 aromatic carbocycles. The summed E-state index contributed by atoms with van der Waals surface area (Å²) >= 11 is 6.11. The minimum atomic E-state index is -0.929. The van der Waals surface area contributed by atoms with Crippen LogP contribution in [0.1, 0.15) is 30.9 Å². The van der Waals surface area contributed by atoms with Crippen molar-refractivity contribution in [3.05, 3.63) is 70.3 Å². The van der Waals surface area contributed by atoms with Crippen LogP contribution in [0.25, 0.3) is 5.57 Å². The first-order valence-electron chi connectivity index (χ1n) is 10.9. The number of carboxylic acid groups (broad SMARTS) is 1. The van der Waals surface area contributed by atoms with Crippen molar-refractivity contribution in [2.24, 2.45) is 0 Å². The molecule has 1 amide bonds. The van der Waals surface area contributed by atoms with Gasteiger partial charge in [-0.2, -0.15) is 0 Å². The molecule has 0 aliphatic carbocycles. The van der Waals surface area contributed by atoms with Gasteiger partial charge in [0.2, 0.25) is 5.91 Å². The fraction of sp³-hybridized carbons (Fsp3) is 0.360. The fourth-order valence-corrected chi connectivity index (χ4v) is 4.71. The normalized spacial score (nSPS) is 20.2. The van der Waals surface area contributed by atoms with E-state index in [2.05, 4.69) is 17.4 Å². The lowest BCUT2D eigenvalue weighted by Gasteiger charge is -2.43. The number of benzene rings is 2. The van der Waals surface area contributed by atoms with Crippen LogP contribution >= 0.6 is 11.6 Å². The summed E-state index contributed by atoms with van der Waals surface area (Å²) < 4.78 is 5.75. The molecule has 2 heterocycles. The lowest BCUT2D eigenvalue weighted by Crippen LogP contribution is -2.61. The van der Waals surface area contributed by atoms with Crippen molar-refractivity contribution in [2.75, 3.05) is 19.7 Å². The van der Waals surface area contributed by atoms with Gasteiger partial charge < -0.3 is 20.1 Å². The summed E-state index contributed by atoms with van der Waals surface area (Å²) in [5.41, 5.74) is 3.34. The number of carboxylic acids is 1. The van der Waals surface area contributed by atoms with E-state index in [1.165, 1.54) is 12.5 Å². The molecule has 7 heteroatoms.